The Morgan fingerprint density at radius 3 is 2.66 bits per heavy atom. The van der Waals surface area contributed by atoms with Crippen LogP contribution in [0.4, 0.5) is 19.8 Å². The van der Waals surface area contributed by atoms with Gasteiger partial charge in [0.05, 0.1) is 6.20 Å². The number of hydrogen-bond acceptors (Lipinski definition) is 5. The second-order valence-corrected chi connectivity index (χ2v) is 8.36. The first-order chi connectivity index (χ1) is 15.4. The second-order valence-electron chi connectivity index (χ2n) is 8.36. The molecule has 4 amide bonds. The minimum absolute atomic E-state index is 0.0136. The van der Waals surface area contributed by atoms with Gasteiger partial charge in [-0.1, -0.05) is 6.58 Å². The van der Waals surface area contributed by atoms with E-state index >= 15 is 0 Å². The van der Waals surface area contributed by atoms with E-state index in [-0.39, 0.29) is 29.8 Å². The van der Waals surface area contributed by atoms with Gasteiger partial charge >= 0.3 is 12.1 Å². The molecule has 1 saturated carbocycles. The first kappa shape index (κ1) is 21.8. The van der Waals surface area contributed by atoms with E-state index in [0.29, 0.717) is 17.7 Å². The molecule has 0 unspecified atom stereocenters. The topological polar surface area (TPSA) is 116 Å². The SMILES string of the molecule is C=C1C=CC(c2ncc(F)c(N[C@H]3CCC[C@@H](NC(=O)N4CCCC4)C3)n2)=CN1C(N)=O. The van der Waals surface area contributed by atoms with Gasteiger partial charge in [0.25, 0.3) is 0 Å². The maximum Gasteiger partial charge on any atom is 0.323 e. The Balaban J connectivity index is 1.43. The summed E-state index contributed by atoms with van der Waals surface area (Å²) in [4.78, 5) is 35.4. The quantitative estimate of drug-likeness (QED) is 0.664. The van der Waals surface area contributed by atoms with Crippen molar-refractivity contribution < 1.29 is 14.0 Å². The van der Waals surface area contributed by atoms with Crippen LogP contribution in [0.5, 0.6) is 0 Å². The van der Waals surface area contributed by atoms with E-state index in [1.54, 1.807) is 12.2 Å². The number of aromatic nitrogens is 2. The third kappa shape index (κ3) is 4.90. The van der Waals surface area contributed by atoms with Crippen molar-refractivity contribution in [1.82, 2.24) is 25.1 Å². The van der Waals surface area contributed by atoms with Crippen LogP contribution in [0.2, 0.25) is 0 Å². The highest BCUT2D eigenvalue weighted by Gasteiger charge is 2.27. The Morgan fingerprint density at radius 2 is 1.91 bits per heavy atom. The highest BCUT2D eigenvalue weighted by atomic mass is 19.1. The van der Waals surface area contributed by atoms with E-state index in [9.17, 15) is 14.0 Å². The van der Waals surface area contributed by atoms with Crippen LogP contribution in [0.1, 0.15) is 44.3 Å². The van der Waals surface area contributed by atoms with Crippen molar-refractivity contribution >= 4 is 23.5 Å². The van der Waals surface area contributed by atoms with Crippen molar-refractivity contribution in [3.63, 3.8) is 0 Å². The fraction of sp³-hybridized carbons (Fsp3) is 0.455. The standard InChI is InChI=1S/C22H28FN7O2/c1-14-7-8-15(13-30(14)21(24)31)19-25-12-18(23)20(28-19)26-16-5-4-6-17(11-16)27-22(32)29-9-2-3-10-29/h7-8,12-13,16-17H,1-6,9-11H2,(H2,24,31)(H,27,32)(H,25,26,28)/t16-,17+/m0/s1. The molecular weight excluding hydrogens is 413 g/mol. The van der Waals surface area contributed by atoms with Crippen LogP contribution in [-0.4, -0.2) is 57.0 Å². The molecule has 4 N–H and O–H groups in total. The molecule has 10 heteroatoms. The molecule has 32 heavy (non-hydrogen) atoms. The van der Waals surface area contributed by atoms with E-state index in [0.717, 1.165) is 51.4 Å². The zero-order valence-electron chi connectivity index (χ0n) is 17.9. The smallest absolute Gasteiger partial charge is 0.323 e. The Hall–Kier alpha value is -3.43. The number of carbonyl (C=O) groups is 2. The van der Waals surface area contributed by atoms with E-state index in [1.165, 1.54) is 11.1 Å². The largest absolute Gasteiger partial charge is 0.365 e. The number of primary amides is 1. The highest BCUT2D eigenvalue weighted by molar-refractivity contribution is 5.82. The summed E-state index contributed by atoms with van der Waals surface area (Å²) in [5.41, 5.74) is 6.30. The normalized spacial score (nSPS) is 23.2. The molecule has 1 saturated heterocycles. The number of allylic oxidation sites excluding steroid dienone is 3. The lowest BCUT2D eigenvalue weighted by Crippen LogP contribution is -2.47. The molecule has 4 rings (SSSR count). The van der Waals surface area contributed by atoms with Crippen molar-refractivity contribution in [1.29, 1.82) is 0 Å². The number of nitrogens with two attached hydrogens (primary N) is 1. The molecule has 2 aliphatic heterocycles. The maximum absolute atomic E-state index is 14.5. The third-order valence-corrected chi connectivity index (χ3v) is 6.01. The molecular formula is C22H28FN7O2. The van der Waals surface area contributed by atoms with Gasteiger partial charge in [-0.25, -0.2) is 23.9 Å². The average molecular weight is 442 g/mol. The molecule has 9 nitrogen and oxygen atoms in total. The summed E-state index contributed by atoms with van der Waals surface area (Å²) >= 11 is 0. The van der Waals surface area contributed by atoms with E-state index in [1.807, 2.05) is 4.90 Å². The molecule has 0 aromatic carbocycles. The maximum atomic E-state index is 14.5. The number of anilines is 1. The van der Waals surface area contributed by atoms with E-state index in [4.69, 9.17) is 5.73 Å². The molecule has 1 aliphatic carbocycles. The summed E-state index contributed by atoms with van der Waals surface area (Å²) in [6.45, 7) is 5.37. The average Bonchev–Trinajstić information content (AvgIpc) is 3.31. The zero-order valence-corrected chi connectivity index (χ0v) is 17.9. The van der Waals surface area contributed by atoms with Gasteiger partial charge in [-0.3, -0.25) is 4.90 Å². The molecule has 2 atom stereocenters. The summed E-state index contributed by atoms with van der Waals surface area (Å²) in [5, 5.41) is 6.30. The molecule has 3 heterocycles. The van der Waals surface area contributed by atoms with Gasteiger partial charge in [0.1, 0.15) is 0 Å². The van der Waals surface area contributed by atoms with Gasteiger partial charge < -0.3 is 21.3 Å². The second kappa shape index (κ2) is 9.37. The number of urea groups is 2. The summed E-state index contributed by atoms with van der Waals surface area (Å²) in [6, 6.07) is -0.678. The third-order valence-electron chi connectivity index (χ3n) is 6.01. The van der Waals surface area contributed by atoms with Crippen LogP contribution >= 0.6 is 0 Å². The first-order valence-corrected chi connectivity index (χ1v) is 10.9. The number of carbonyl (C=O) groups excluding carboxylic acids is 2. The number of halogens is 1. The summed E-state index contributed by atoms with van der Waals surface area (Å²) in [7, 11) is 0. The van der Waals surface area contributed by atoms with Gasteiger partial charge in [-0.05, 0) is 50.7 Å². The molecule has 1 aromatic rings. The van der Waals surface area contributed by atoms with Crippen LogP contribution in [-0.2, 0) is 0 Å². The predicted octanol–water partition coefficient (Wildman–Crippen LogP) is 2.95. The zero-order chi connectivity index (χ0) is 22.7. The Morgan fingerprint density at radius 1 is 1.16 bits per heavy atom. The summed E-state index contributed by atoms with van der Waals surface area (Å²) in [5.74, 6) is -0.206. The highest BCUT2D eigenvalue weighted by Crippen LogP contribution is 2.26. The molecule has 2 fully saturated rings. The summed E-state index contributed by atoms with van der Waals surface area (Å²) < 4.78 is 14.5. The molecule has 1 aromatic heterocycles. The minimum atomic E-state index is -0.679. The number of rotatable bonds is 4. The number of nitrogens with zero attached hydrogens (tertiary/aromatic N) is 4. The van der Waals surface area contributed by atoms with E-state index < -0.39 is 11.8 Å². The lowest BCUT2D eigenvalue weighted by molar-refractivity contribution is 0.199. The number of nitrogens with one attached hydrogen (secondary N) is 2. The molecule has 3 aliphatic rings. The number of likely N-dealkylation sites (tertiary alicyclic amines) is 1. The fourth-order valence-corrected chi connectivity index (χ4v) is 4.31. The van der Waals surface area contributed by atoms with Crippen LogP contribution in [0.25, 0.3) is 5.57 Å². The van der Waals surface area contributed by atoms with Gasteiger partial charge in [-0.15, -0.1) is 0 Å². The molecule has 0 radical (unpaired) electrons. The number of hydrogen-bond donors (Lipinski definition) is 3. The minimum Gasteiger partial charge on any atom is -0.365 e. The van der Waals surface area contributed by atoms with Crippen molar-refractivity contribution in [3.8, 4) is 0 Å². The van der Waals surface area contributed by atoms with Crippen LogP contribution in [0.3, 0.4) is 0 Å². The first-order valence-electron chi connectivity index (χ1n) is 10.9. The van der Waals surface area contributed by atoms with Crippen LogP contribution in [0.15, 0.2) is 36.8 Å². The van der Waals surface area contributed by atoms with Crippen molar-refractivity contribution in [2.75, 3.05) is 18.4 Å². The van der Waals surface area contributed by atoms with Crippen molar-refractivity contribution in [3.05, 3.63) is 48.5 Å². The fourth-order valence-electron chi connectivity index (χ4n) is 4.31. The Bertz CT molecular complexity index is 971. The van der Waals surface area contributed by atoms with Crippen LogP contribution in [0, 0.1) is 5.82 Å². The van der Waals surface area contributed by atoms with Gasteiger partial charge in [0.15, 0.2) is 17.5 Å². The van der Waals surface area contributed by atoms with Gasteiger partial charge in [0.2, 0.25) is 0 Å². The Kier molecular flexibility index (Phi) is 6.38. The lowest BCUT2D eigenvalue weighted by Gasteiger charge is -2.32. The van der Waals surface area contributed by atoms with Crippen LogP contribution < -0.4 is 16.4 Å². The summed E-state index contributed by atoms with van der Waals surface area (Å²) in [6.07, 6.45) is 11.4. The van der Waals surface area contributed by atoms with Gasteiger partial charge in [-0.2, -0.15) is 0 Å². The molecule has 0 bridgehead atoms. The van der Waals surface area contributed by atoms with Crippen molar-refractivity contribution in [2.24, 2.45) is 5.73 Å². The number of amides is 4. The van der Waals surface area contributed by atoms with Gasteiger partial charge in [0, 0.05) is 42.6 Å². The Labute approximate surface area is 186 Å². The predicted molar refractivity (Wildman–Crippen MR) is 119 cm³/mol. The lowest BCUT2D eigenvalue weighted by atomic mass is 9.91. The monoisotopic (exact) mass is 441 g/mol. The molecule has 170 valence electrons. The molecule has 0 spiro atoms. The van der Waals surface area contributed by atoms with Crippen molar-refractivity contribution in [2.45, 2.75) is 50.6 Å². The van der Waals surface area contributed by atoms with E-state index in [2.05, 4.69) is 27.2 Å².